The quantitative estimate of drug-likeness (QED) is 0.175. The molecule has 0 spiro atoms. The topological polar surface area (TPSA) is 134 Å². The van der Waals surface area contributed by atoms with Crippen molar-refractivity contribution in [3.63, 3.8) is 0 Å². The Bertz CT molecular complexity index is 3110. The Labute approximate surface area is 387 Å². The normalized spacial score (nSPS) is 18.9. The molecule has 1 atom stereocenters. The monoisotopic (exact) mass is 930 g/mol. The van der Waals surface area contributed by atoms with Crippen molar-refractivity contribution >= 4 is 53.7 Å². The van der Waals surface area contributed by atoms with Gasteiger partial charge in [-0.1, -0.05) is 48.5 Å². The lowest BCUT2D eigenvalue weighted by Crippen LogP contribution is -2.39. The minimum absolute atomic E-state index is 0.000385. The van der Waals surface area contributed by atoms with E-state index in [0.717, 1.165) is 78.7 Å². The molecule has 13 nitrogen and oxygen atoms in total. The van der Waals surface area contributed by atoms with Gasteiger partial charge in [0.1, 0.15) is 6.23 Å². The van der Waals surface area contributed by atoms with E-state index in [1.807, 2.05) is 65.4 Å². The minimum atomic E-state index is -3.47. The molecule has 6 aromatic rings. The van der Waals surface area contributed by atoms with Crippen molar-refractivity contribution < 1.29 is 31.2 Å². The summed E-state index contributed by atoms with van der Waals surface area (Å²) in [6, 6.07) is 27.6. The van der Waals surface area contributed by atoms with Gasteiger partial charge in [0.2, 0.25) is 20.0 Å². The molecule has 7 heterocycles. The number of hydrogen-bond acceptors (Lipinski definition) is 9. The van der Waals surface area contributed by atoms with E-state index in [0.29, 0.717) is 74.3 Å². The van der Waals surface area contributed by atoms with Gasteiger partial charge in [0, 0.05) is 105 Å². The van der Waals surface area contributed by atoms with Gasteiger partial charge in [0.25, 0.3) is 11.8 Å². The molecule has 5 aliphatic heterocycles. The van der Waals surface area contributed by atoms with Crippen LogP contribution in [0.3, 0.4) is 0 Å². The second-order valence-corrected chi connectivity index (χ2v) is 22.5. The van der Waals surface area contributed by atoms with Crippen molar-refractivity contribution in [2.45, 2.75) is 84.8 Å². The van der Waals surface area contributed by atoms with E-state index in [9.17, 15) is 26.4 Å². The number of amides is 2. The van der Waals surface area contributed by atoms with Gasteiger partial charge in [-0.15, -0.1) is 0 Å². The fourth-order valence-corrected chi connectivity index (χ4v) is 13.3. The number of ether oxygens (including phenoxy) is 1. The second kappa shape index (κ2) is 17.7. The number of carbonyl (C=O) groups is 2. The van der Waals surface area contributed by atoms with Crippen LogP contribution in [0.2, 0.25) is 0 Å². The third kappa shape index (κ3) is 8.06. The van der Waals surface area contributed by atoms with Gasteiger partial charge in [-0.3, -0.25) is 14.5 Å². The maximum atomic E-state index is 13.5. The van der Waals surface area contributed by atoms with Crippen LogP contribution in [0, 0.1) is 0 Å². The number of hydrogen-bond donors (Lipinski definition) is 0. The average molecular weight is 931 g/mol. The summed E-state index contributed by atoms with van der Waals surface area (Å²) in [5, 5.41) is 1.74. The summed E-state index contributed by atoms with van der Waals surface area (Å²) in [4.78, 5) is 35.2. The lowest BCUT2D eigenvalue weighted by Gasteiger charge is -2.32. The second-order valence-electron chi connectivity index (χ2n) is 18.3. The highest BCUT2D eigenvalue weighted by Crippen LogP contribution is 2.37. The molecule has 1 fully saturated rings. The Morgan fingerprint density at radius 1 is 0.591 bits per heavy atom. The Kier molecular flexibility index (Phi) is 12.0. The van der Waals surface area contributed by atoms with Crippen LogP contribution in [0.25, 0.3) is 21.8 Å². The third-order valence-corrected chi connectivity index (χ3v) is 17.8. The standard InChI is InChI=1S/C27H31N3O4S.C24H27N3O3S/c1-2-35(32,33)30-24-10-9-20(27(31)29-13-11-19-6-3-4-7-21(19)17-29)16-22(24)23-18-28(14-12-25(23)30)26-8-5-15-34-26;1-3-31(29,30)27-22-9-8-18(14-20(22)21-16-25(2)12-11-23(21)27)24(28)26-13-10-17-6-4-5-7-19(17)15-26/h3-4,6-7,9-10,16,26H,2,5,8,11-15,17-18H2,1H3;4-9,14H,3,10-13,15-16H2,1-2H3. The molecule has 5 aliphatic rings. The van der Waals surface area contributed by atoms with Gasteiger partial charge >= 0.3 is 0 Å². The van der Waals surface area contributed by atoms with Gasteiger partial charge in [-0.2, -0.15) is 0 Å². The van der Waals surface area contributed by atoms with E-state index in [2.05, 4.69) is 34.1 Å². The van der Waals surface area contributed by atoms with Crippen LogP contribution in [0.15, 0.2) is 84.9 Å². The van der Waals surface area contributed by atoms with Crippen molar-refractivity contribution in [2.75, 3.05) is 51.3 Å². The molecule has 0 aliphatic carbocycles. The zero-order valence-electron chi connectivity index (χ0n) is 38.0. The number of rotatable bonds is 7. The summed E-state index contributed by atoms with van der Waals surface area (Å²) in [6.07, 6.45) is 5.18. The molecule has 346 valence electrons. The number of benzene rings is 4. The predicted octanol–water partition coefficient (Wildman–Crippen LogP) is 6.56. The van der Waals surface area contributed by atoms with E-state index in [-0.39, 0.29) is 29.5 Å². The molecule has 4 aromatic carbocycles. The van der Waals surface area contributed by atoms with Crippen molar-refractivity contribution in [3.8, 4) is 0 Å². The number of likely N-dealkylation sites (N-methyl/N-ethyl adjacent to an activating group) is 1. The molecule has 15 heteroatoms. The first kappa shape index (κ1) is 44.5. The van der Waals surface area contributed by atoms with Gasteiger partial charge in [0.15, 0.2) is 0 Å². The lowest BCUT2D eigenvalue weighted by atomic mass is 9.98. The first-order valence-corrected chi connectivity index (χ1v) is 26.6. The Morgan fingerprint density at radius 2 is 1.08 bits per heavy atom. The van der Waals surface area contributed by atoms with Gasteiger partial charge in [-0.05, 0) is 116 Å². The van der Waals surface area contributed by atoms with Crippen LogP contribution >= 0.6 is 0 Å². The molecular formula is C51H58N6O7S2. The zero-order valence-corrected chi connectivity index (χ0v) is 39.7. The molecule has 2 aromatic heterocycles. The van der Waals surface area contributed by atoms with Crippen molar-refractivity contribution in [1.82, 2.24) is 27.5 Å². The van der Waals surface area contributed by atoms with Crippen LogP contribution in [0.5, 0.6) is 0 Å². The summed E-state index contributed by atoms with van der Waals surface area (Å²) < 4.78 is 61.0. The van der Waals surface area contributed by atoms with Gasteiger partial charge in [0.05, 0.1) is 22.5 Å². The first-order valence-electron chi connectivity index (χ1n) is 23.4. The molecular weight excluding hydrogens is 873 g/mol. The molecule has 0 saturated carbocycles. The maximum absolute atomic E-state index is 13.5. The number of nitrogens with zero attached hydrogens (tertiary/aromatic N) is 6. The fourth-order valence-electron chi connectivity index (χ4n) is 10.7. The van der Waals surface area contributed by atoms with Gasteiger partial charge in [-0.25, -0.2) is 24.8 Å². The SMILES string of the molecule is CCS(=O)(=O)n1c2c(c3cc(C(=O)N4CCc5ccccc5C4)ccc31)CN(C)CC2.CCS(=O)(=O)n1c2c(c3cc(C(=O)N4CCc5ccccc5C4)ccc31)CN(C1CCCO1)CC2. The highest BCUT2D eigenvalue weighted by atomic mass is 32.2. The van der Waals surface area contributed by atoms with Crippen LogP contribution in [-0.2, 0) is 76.6 Å². The predicted molar refractivity (Wildman–Crippen MR) is 256 cm³/mol. The van der Waals surface area contributed by atoms with Crippen molar-refractivity contribution in [1.29, 1.82) is 0 Å². The number of carbonyl (C=O) groups excluding carboxylic acids is 2. The number of aromatic nitrogens is 2. The average Bonchev–Trinajstić information content (AvgIpc) is 4.09. The van der Waals surface area contributed by atoms with E-state index >= 15 is 0 Å². The molecule has 1 saturated heterocycles. The first-order chi connectivity index (χ1) is 31.8. The van der Waals surface area contributed by atoms with Crippen molar-refractivity contribution in [3.05, 3.63) is 141 Å². The lowest BCUT2D eigenvalue weighted by molar-refractivity contribution is -0.0274. The Morgan fingerprint density at radius 3 is 1.56 bits per heavy atom. The summed E-state index contributed by atoms with van der Waals surface area (Å²) >= 11 is 0. The molecule has 1 unspecified atom stereocenters. The maximum Gasteiger partial charge on any atom is 0.254 e. The zero-order chi connectivity index (χ0) is 45.9. The molecule has 0 bridgehead atoms. The van der Waals surface area contributed by atoms with E-state index in [4.69, 9.17) is 4.74 Å². The third-order valence-electron chi connectivity index (χ3n) is 14.4. The summed E-state index contributed by atoms with van der Waals surface area (Å²) in [6.45, 7) is 9.64. The number of fused-ring (bicyclic) bond motifs is 8. The van der Waals surface area contributed by atoms with Crippen LogP contribution in [-0.4, -0.2) is 114 Å². The van der Waals surface area contributed by atoms with Crippen LogP contribution in [0.4, 0.5) is 0 Å². The molecule has 2 amide bonds. The molecule has 0 N–H and O–H groups in total. The van der Waals surface area contributed by atoms with Gasteiger partial charge < -0.3 is 19.4 Å². The molecule has 66 heavy (non-hydrogen) atoms. The van der Waals surface area contributed by atoms with Crippen LogP contribution in [0.1, 0.15) is 92.2 Å². The summed E-state index contributed by atoms with van der Waals surface area (Å²) in [7, 11) is -4.86. The highest BCUT2D eigenvalue weighted by molar-refractivity contribution is 7.90. The molecule has 11 rings (SSSR count). The highest BCUT2D eigenvalue weighted by Gasteiger charge is 2.34. The minimum Gasteiger partial charge on any atom is -0.363 e. The summed E-state index contributed by atoms with van der Waals surface area (Å²) in [5.41, 5.74) is 11.3. The van der Waals surface area contributed by atoms with E-state index in [1.165, 1.54) is 30.2 Å². The largest absolute Gasteiger partial charge is 0.363 e. The Hall–Kier alpha value is -5.32. The Balaban J connectivity index is 0.000000156. The van der Waals surface area contributed by atoms with E-state index in [1.54, 1.807) is 26.0 Å². The van der Waals surface area contributed by atoms with E-state index < -0.39 is 20.0 Å². The smallest absolute Gasteiger partial charge is 0.254 e. The van der Waals surface area contributed by atoms with Crippen molar-refractivity contribution in [2.24, 2.45) is 0 Å². The summed E-state index contributed by atoms with van der Waals surface area (Å²) in [5.74, 6) is 0.0767. The molecule has 0 radical (unpaired) electrons. The van der Waals surface area contributed by atoms with Crippen LogP contribution < -0.4 is 0 Å². The fraction of sp³-hybridized carbons (Fsp3) is 0.412.